The Labute approximate surface area is 276 Å². The first kappa shape index (κ1) is 35.7. The number of benzene rings is 1. The Kier molecular flexibility index (Phi) is 11.7. The van der Waals surface area contributed by atoms with Gasteiger partial charge in [-0.15, -0.1) is 0 Å². The van der Waals surface area contributed by atoms with Crippen LogP contribution >= 0.6 is 11.6 Å². The third-order valence-electron chi connectivity index (χ3n) is 9.35. The van der Waals surface area contributed by atoms with Gasteiger partial charge in [0.2, 0.25) is 17.7 Å². The molecular weight excluding hydrogens is 612 g/mol. The van der Waals surface area contributed by atoms with Gasteiger partial charge in [-0.05, 0) is 42.7 Å². The molecule has 1 spiro atoms. The molecule has 1 aromatic rings. The predicted molar refractivity (Wildman–Crippen MR) is 174 cm³/mol. The monoisotopic (exact) mass is 660 g/mol. The van der Waals surface area contributed by atoms with Gasteiger partial charge in [0.15, 0.2) is 11.7 Å². The highest BCUT2D eigenvalue weighted by Crippen LogP contribution is 2.40. The second-order valence-corrected chi connectivity index (χ2v) is 14.6. The molecule has 3 N–H and O–H groups in total. The SMILES string of the molecule is CCCC(NC(=O)C1C[C@]2(CC(c3cccc(Cl)c3)=NO2)CN1C(=O)[C@@H](NC(=O)CC1CCCCC1)C(C)(C)C)C(O)C(=O)OC. The zero-order chi connectivity index (χ0) is 33.6. The van der Waals surface area contributed by atoms with Crippen molar-refractivity contribution in [2.24, 2.45) is 16.5 Å². The highest BCUT2D eigenvalue weighted by molar-refractivity contribution is 6.31. The number of halogens is 1. The van der Waals surface area contributed by atoms with Crippen LogP contribution < -0.4 is 10.6 Å². The van der Waals surface area contributed by atoms with Crippen molar-refractivity contribution in [2.75, 3.05) is 13.7 Å². The molecule has 3 aliphatic rings. The summed E-state index contributed by atoms with van der Waals surface area (Å²) in [5, 5.41) is 21.3. The first-order valence-electron chi connectivity index (χ1n) is 16.4. The lowest BCUT2D eigenvalue weighted by molar-refractivity contribution is -0.153. The largest absolute Gasteiger partial charge is 0.467 e. The van der Waals surface area contributed by atoms with E-state index in [0.29, 0.717) is 42.3 Å². The molecule has 254 valence electrons. The number of aliphatic hydroxyl groups excluding tert-OH is 1. The fraction of sp³-hybridized carbons (Fsp3) is 0.676. The number of hydrogen-bond donors (Lipinski definition) is 3. The van der Waals surface area contributed by atoms with E-state index >= 15 is 0 Å². The summed E-state index contributed by atoms with van der Waals surface area (Å²) >= 11 is 6.23. The van der Waals surface area contributed by atoms with Crippen LogP contribution in [-0.4, -0.2) is 82.9 Å². The van der Waals surface area contributed by atoms with Gasteiger partial charge < -0.3 is 30.2 Å². The minimum atomic E-state index is -1.57. The molecule has 4 rings (SSSR count). The zero-order valence-corrected chi connectivity index (χ0v) is 28.4. The lowest BCUT2D eigenvalue weighted by Gasteiger charge is -2.36. The summed E-state index contributed by atoms with van der Waals surface area (Å²) in [6.07, 6.45) is 5.53. The summed E-state index contributed by atoms with van der Waals surface area (Å²) in [5.74, 6) is -1.68. The fourth-order valence-electron chi connectivity index (χ4n) is 6.82. The molecule has 1 saturated carbocycles. The maximum absolute atomic E-state index is 14.5. The Morgan fingerprint density at radius 1 is 1.17 bits per heavy atom. The molecule has 1 aromatic carbocycles. The molecule has 46 heavy (non-hydrogen) atoms. The van der Waals surface area contributed by atoms with Gasteiger partial charge >= 0.3 is 5.97 Å². The van der Waals surface area contributed by atoms with E-state index < -0.39 is 53.0 Å². The first-order chi connectivity index (χ1) is 21.8. The van der Waals surface area contributed by atoms with E-state index in [4.69, 9.17) is 21.2 Å². The van der Waals surface area contributed by atoms with E-state index in [9.17, 15) is 24.3 Å². The maximum atomic E-state index is 14.5. The van der Waals surface area contributed by atoms with Gasteiger partial charge in [0, 0.05) is 29.8 Å². The van der Waals surface area contributed by atoms with Crippen molar-refractivity contribution in [2.45, 2.75) is 122 Å². The number of ether oxygens (including phenoxy) is 1. The van der Waals surface area contributed by atoms with Crippen molar-refractivity contribution in [1.82, 2.24) is 15.5 Å². The van der Waals surface area contributed by atoms with Crippen LogP contribution in [0.25, 0.3) is 0 Å². The molecule has 3 unspecified atom stereocenters. The maximum Gasteiger partial charge on any atom is 0.336 e. The number of nitrogens with zero attached hydrogens (tertiary/aromatic N) is 2. The topological polar surface area (TPSA) is 147 Å². The minimum absolute atomic E-state index is 0.0561. The summed E-state index contributed by atoms with van der Waals surface area (Å²) in [7, 11) is 1.17. The molecule has 11 nitrogen and oxygen atoms in total. The average Bonchev–Trinajstić information content (AvgIpc) is 3.62. The van der Waals surface area contributed by atoms with Crippen LogP contribution in [0.2, 0.25) is 5.02 Å². The van der Waals surface area contributed by atoms with Gasteiger partial charge in [0.1, 0.15) is 12.1 Å². The van der Waals surface area contributed by atoms with Gasteiger partial charge in [-0.1, -0.05) is 82.3 Å². The number of carbonyl (C=O) groups is 4. The van der Waals surface area contributed by atoms with Gasteiger partial charge in [-0.25, -0.2) is 4.79 Å². The van der Waals surface area contributed by atoms with E-state index in [0.717, 1.165) is 31.2 Å². The predicted octanol–water partition coefficient (Wildman–Crippen LogP) is 4.12. The Hall–Kier alpha value is -3.18. The first-order valence-corrected chi connectivity index (χ1v) is 16.8. The number of oxime groups is 1. The molecule has 3 amide bonds. The van der Waals surface area contributed by atoms with E-state index in [2.05, 4.69) is 15.8 Å². The Morgan fingerprint density at radius 3 is 2.52 bits per heavy atom. The fourth-order valence-corrected chi connectivity index (χ4v) is 7.01. The number of nitrogens with one attached hydrogen (secondary N) is 2. The van der Waals surface area contributed by atoms with E-state index in [1.165, 1.54) is 18.4 Å². The standard InChI is InChI=1S/C34H49ClN4O7/c1-6-11-24(28(41)32(44)45-5)36-30(42)26-19-34(18-25(38-46-34)22-14-10-15-23(35)17-22)20-39(26)31(43)29(33(2,3)4)37-27(40)16-21-12-8-7-9-13-21/h10,14-15,17,21,24,26,28-29,41H,6-9,11-13,16,18-20H2,1-5H3,(H,36,42)(H,37,40)/t24?,26?,28?,29-,34-/m1/s1. The molecular formula is C34H49ClN4O7. The van der Waals surface area contributed by atoms with Crippen molar-refractivity contribution in [3.8, 4) is 0 Å². The van der Waals surface area contributed by atoms with Crippen molar-refractivity contribution in [3.63, 3.8) is 0 Å². The highest BCUT2D eigenvalue weighted by Gasteiger charge is 2.55. The van der Waals surface area contributed by atoms with Crippen LogP contribution in [0.4, 0.5) is 0 Å². The molecule has 2 aliphatic heterocycles. The summed E-state index contributed by atoms with van der Waals surface area (Å²) in [6.45, 7) is 7.57. The lowest BCUT2D eigenvalue weighted by atomic mass is 9.84. The third kappa shape index (κ3) is 8.59. The molecule has 0 bridgehead atoms. The second kappa shape index (κ2) is 15.2. The van der Waals surface area contributed by atoms with E-state index in [1.54, 1.807) is 12.1 Å². The Balaban J connectivity index is 1.60. The van der Waals surface area contributed by atoms with Gasteiger partial charge in [0.05, 0.1) is 25.4 Å². The number of hydrogen-bond acceptors (Lipinski definition) is 8. The Morgan fingerprint density at radius 2 is 1.89 bits per heavy atom. The van der Waals surface area contributed by atoms with Crippen LogP contribution in [0.1, 0.15) is 97.5 Å². The van der Waals surface area contributed by atoms with Crippen LogP contribution in [0.3, 0.4) is 0 Å². The molecule has 1 saturated heterocycles. The van der Waals surface area contributed by atoms with Crippen LogP contribution in [0.15, 0.2) is 29.4 Å². The number of methoxy groups -OCH3 is 1. The summed E-state index contributed by atoms with van der Waals surface area (Å²) in [5.41, 5.74) is -0.234. The summed E-state index contributed by atoms with van der Waals surface area (Å²) < 4.78 is 4.71. The number of rotatable bonds is 11. The Bertz CT molecular complexity index is 1310. The van der Waals surface area contributed by atoms with E-state index in [1.807, 2.05) is 39.8 Å². The molecule has 2 fully saturated rings. The molecule has 5 atom stereocenters. The van der Waals surface area contributed by atoms with Gasteiger partial charge in [-0.3, -0.25) is 14.4 Å². The highest BCUT2D eigenvalue weighted by atomic mass is 35.5. The van der Waals surface area contributed by atoms with Gasteiger partial charge in [0.25, 0.3) is 0 Å². The second-order valence-electron chi connectivity index (χ2n) is 14.1. The quantitative estimate of drug-likeness (QED) is 0.303. The van der Waals surface area contributed by atoms with Crippen LogP contribution in [-0.2, 0) is 28.8 Å². The minimum Gasteiger partial charge on any atom is -0.467 e. The molecule has 12 heteroatoms. The zero-order valence-electron chi connectivity index (χ0n) is 27.6. The summed E-state index contributed by atoms with van der Waals surface area (Å²) in [4.78, 5) is 61.4. The smallest absolute Gasteiger partial charge is 0.336 e. The van der Waals surface area contributed by atoms with Crippen LogP contribution in [0, 0.1) is 11.3 Å². The molecule has 2 heterocycles. The lowest BCUT2D eigenvalue weighted by Crippen LogP contribution is -2.59. The van der Waals surface area contributed by atoms with Crippen molar-refractivity contribution >= 4 is 41.0 Å². The van der Waals surface area contributed by atoms with E-state index in [-0.39, 0.29) is 18.9 Å². The van der Waals surface area contributed by atoms with Crippen molar-refractivity contribution in [3.05, 3.63) is 34.9 Å². The van der Waals surface area contributed by atoms with Gasteiger partial charge in [-0.2, -0.15) is 0 Å². The van der Waals surface area contributed by atoms with Crippen molar-refractivity contribution < 1.29 is 33.9 Å². The summed E-state index contributed by atoms with van der Waals surface area (Å²) in [6, 6.07) is 4.40. The van der Waals surface area contributed by atoms with Crippen molar-refractivity contribution in [1.29, 1.82) is 0 Å². The van der Waals surface area contributed by atoms with Crippen LogP contribution in [0.5, 0.6) is 0 Å². The number of carbonyl (C=O) groups excluding carboxylic acids is 4. The number of amides is 3. The number of aliphatic hydroxyl groups is 1. The number of esters is 1. The molecule has 1 aliphatic carbocycles. The molecule has 0 radical (unpaired) electrons. The number of likely N-dealkylation sites (tertiary alicyclic amines) is 1. The normalized spacial score (nSPS) is 23.7. The molecule has 0 aromatic heterocycles. The average molecular weight is 661 g/mol. The third-order valence-corrected chi connectivity index (χ3v) is 9.59.